The van der Waals surface area contributed by atoms with Crippen molar-refractivity contribution in [3.8, 4) is 34.5 Å². The summed E-state index contributed by atoms with van der Waals surface area (Å²) in [6.07, 6.45) is -10.9. The van der Waals surface area contributed by atoms with Crippen LogP contribution in [-0.2, 0) is 30.3 Å². The van der Waals surface area contributed by atoms with Crippen LogP contribution < -0.4 is 28.7 Å². The second kappa shape index (κ2) is 20.5. The fraction of sp³-hybridized carbons (Fsp3) is 0.245. The van der Waals surface area contributed by atoms with E-state index < -0.39 is 105 Å². The molecule has 2 heterocycles. The van der Waals surface area contributed by atoms with Gasteiger partial charge in [0.05, 0.1) is 29.6 Å². The summed E-state index contributed by atoms with van der Waals surface area (Å²) in [6, 6.07) is 18.3. The highest BCUT2D eigenvalue weighted by molar-refractivity contribution is 6.31. The molecule has 6 aromatic rings. The van der Waals surface area contributed by atoms with Crippen LogP contribution in [0.15, 0.2) is 109 Å². The molecule has 4 unspecified atom stereocenters. The smallest absolute Gasteiger partial charge is 0.433 e. The van der Waals surface area contributed by atoms with E-state index >= 15 is 30.7 Å². The molecule has 2 aliphatic heterocycles. The molecule has 4 atom stereocenters. The Labute approximate surface area is 436 Å². The highest BCUT2D eigenvalue weighted by atomic mass is 35.5. The van der Waals surface area contributed by atoms with Crippen molar-refractivity contribution in [1.29, 1.82) is 0 Å². The van der Waals surface area contributed by atoms with Gasteiger partial charge in [0.25, 0.3) is 11.8 Å². The van der Waals surface area contributed by atoms with Gasteiger partial charge < -0.3 is 43.3 Å². The fourth-order valence-corrected chi connectivity index (χ4v) is 9.41. The molecule has 13 nitrogen and oxygen atoms in total. The number of alkyl halides is 6. The molecule has 0 spiro atoms. The number of fused-ring (bicyclic) bond motifs is 2. The maximum Gasteiger partial charge on any atom is 0.433 e. The molecule has 0 radical (unpaired) electrons. The topological polar surface area (TPSA) is 150 Å². The SMILES string of the molecule is COC(=O)c1ccc(Oc2ccc(Cl)c(C(C)C(OC(=O)c3ccc(Oc4ccc(Cl)c(C(C)C(O)(c5ccc6c(c5)N(C)C(=O)CO6)C(F)(F)F)c4)cc3F)(c3ccc4c(c3)N(C)C(=O)CO4)C(F)(F)F)c2)cc1F. The van der Waals surface area contributed by atoms with Crippen LogP contribution >= 0.6 is 23.2 Å². The molecule has 0 aliphatic carbocycles. The van der Waals surface area contributed by atoms with E-state index in [0.29, 0.717) is 6.07 Å². The number of carbonyl (C=O) groups excluding carboxylic acids is 4. The Morgan fingerprint density at radius 3 is 1.46 bits per heavy atom. The monoisotopic (exact) mass is 1100 g/mol. The van der Waals surface area contributed by atoms with Crippen molar-refractivity contribution in [1.82, 2.24) is 0 Å². The van der Waals surface area contributed by atoms with Gasteiger partial charge in [0.1, 0.15) is 46.1 Å². The Morgan fingerprint density at radius 2 is 1.01 bits per heavy atom. The van der Waals surface area contributed by atoms with Crippen LogP contribution in [0.4, 0.5) is 46.5 Å². The lowest BCUT2D eigenvalue weighted by atomic mass is 9.77. The minimum absolute atomic E-state index is 0.00330. The first kappa shape index (κ1) is 54.6. The van der Waals surface area contributed by atoms with E-state index in [4.69, 9.17) is 46.9 Å². The number of carbonyl (C=O) groups is 4. The molecule has 2 amide bonds. The highest BCUT2D eigenvalue weighted by Gasteiger charge is 2.64. The van der Waals surface area contributed by atoms with Crippen molar-refractivity contribution < 1.29 is 87.8 Å². The molecule has 2 aliphatic rings. The van der Waals surface area contributed by atoms with E-state index in [1.54, 1.807) is 0 Å². The first-order chi connectivity index (χ1) is 35.7. The van der Waals surface area contributed by atoms with E-state index in [0.717, 1.165) is 110 Å². The Balaban J connectivity index is 1.13. The standard InChI is InChI=1S/C53H40Cl2F8N2O11/c1-26(50(70,52(58,59)60)28-6-16-44-42(18-28)64(3)46(66)24-72-44)36-20-30(10-14-38(36)54)74-33-9-13-35(41(57)23-33)49(69)76-51(53(61,62)63,29-7-17-45-43(19-29)65(4)47(67)25-73-45)27(2)37-21-31(11-15-39(37)55)75-32-8-12-34(40(56)22-32)48(68)71-5/h6-23,26-27,70H,24-25H2,1-5H3. The molecule has 0 bridgehead atoms. The zero-order valence-electron chi connectivity index (χ0n) is 40.2. The second-order valence-corrected chi connectivity index (χ2v) is 18.3. The Morgan fingerprint density at radius 1 is 0.592 bits per heavy atom. The van der Waals surface area contributed by atoms with Crippen molar-refractivity contribution >= 4 is 58.3 Å². The summed E-state index contributed by atoms with van der Waals surface area (Å²) >= 11 is 13.0. The zero-order chi connectivity index (χ0) is 55.4. The van der Waals surface area contributed by atoms with Gasteiger partial charge >= 0.3 is 24.3 Å². The van der Waals surface area contributed by atoms with Crippen LogP contribution in [-0.4, -0.2) is 75.6 Å². The molecule has 0 aromatic heterocycles. The third-order valence-corrected chi connectivity index (χ3v) is 13.8. The Kier molecular flexibility index (Phi) is 14.7. The Bertz CT molecular complexity index is 3320. The third-order valence-electron chi connectivity index (χ3n) is 13.1. The number of ether oxygens (including phenoxy) is 6. The summed E-state index contributed by atoms with van der Waals surface area (Å²) in [5.41, 5.74) is -11.2. The summed E-state index contributed by atoms with van der Waals surface area (Å²) in [6.45, 7) is 1.25. The van der Waals surface area contributed by atoms with Crippen LogP contribution in [0.2, 0.25) is 10.0 Å². The van der Waals surface area contributed by atoms with E-state index in [2.05, 4.69) is 4.74 Å². The quantitative estimate of drug-likeness (QED) is 0.0869. The average Bonchev–Trinajstić information content (AvgIpc) is 3.43. The van der Waals surface area contributed by atoms with E-state index in [1.165, 1.54) is 38.4 Å². The van der Waals surface area contributed by atoms with Crippen LogP contribution in [0.1, 0.15) is 68.7 Å². The predicted octanol–water partition coefficient (Wildman–Crippen LogP) is 12.3. The number of hydrogen-bond donors (Lipinski definition) is 1. The average molecular weight is 1100 g/mol. The van der Waals surface area contributed by atoms with Crippen molar-refractivity contribution in [2.24, 2.45) is 0 Å². The largest absolute Gasteiger partial charge is 0.482 e. The third kappa shape index (κ3) is 9.89. The second-order valence-electron chi connectivity index (χ2n) is 17.5. The molecule has 6 aromatic carbocycles. The van der Waals surface area contributed by atoms with Crippen molar-refractivity contribution in [2.45, 2.75) is 49.2 Å². The van der Waals surface area contributed by atoms with Gasteiger partial charge in [0.15, 0.2) is 18.8 Å². The first-order valence-corrected chi connectivity index (χ1v) is 23.2. The molecule has 8 rings (SSSR count). The molecule has 23 heteroatoms. The maximum atomic E-state index is 16.3. The van der Waals surface area contributed by atoms with E-state index in [9.17, 15) is 28.7 Å². The number of anilines is 2. The summed E-state index contributed by atoms with van der Waals surface area (Å²) in [4.78, 5) is 53.3. The van der Waals surface area contributed by atoms with Crippen LogP contribution in [0.25, 0.3) is 0 Å². The molecule has 0 saturated carbocycles. The summed E-state index contributed by atoms with van der Waals surface area (Å²) < 4.78 is 158. The number of benzene rings is 6. The summed E-state index contributed by atoms with van der Waals surface area (Å²) in [7, 11) is 3.64. The van der Waals surface area contributed by atoms with Gasteiger partial charge in [-0.3, -0.25) is 9.59 Å². The van der Waals surface area contributed by atoms with E-state index in [-0.39, 0.29) is 67.9 Å². The minimum atomic E-state index is -5.59. The number of nitrogens with zero attached hydrogens (tertiary/aromatic N) is 2. The molecule has 0 fully saturated rings. The van der Waals surface area contributed by atoms with Gasteiger partial charge in [-0.15, -0.1) is 0 Å². The van der Waals surface area contributed by atoms with Crippen molar-refractivity contribution in [2.75, 3.05) is 44.2 Å². The molecule has 76 heavy (non-hydrogen) atoms. The van der Waals surface area contributed by atoms with E-state index in [1.807, 2.05) is 0 Å². The normalized spacial score (nSPS) is 15.9. The number of rotatable bonds is 13. The summed E-state index contributed by atoms with van der Waals surface area (Å²) in [5.74, 6) is -11.5. The molecule has 0 saturated heterocycles. The zero-order valence-corrected chi connectivity index (χ0v) is 41.7. The molecular weight excluding hydrogens is 1060 g/mol. The predicted molar refractivity (Wildman–Crippen MR) is 258 cm³/mol. The van der Waals surface area contributed by atoms with Gasteiger partial charge in [0, 0.05) is 53.7 Å². The van der Waals surface area contributed by atoms with Crippen molar-refractivity contribution in [3.63, 3.8) is 0 Å². The lowest BCUT2D eigenvalue weighted by molar-refractivity contribution is -0.274. The first-order valence-electron chi connectivity index (χ1n) is 22.5. The number of hydrogen-bond acceptors (Lipinski definition) is 11. The molecular formula is C53H40Cl2F8N2O11. The summed E-state index contributed by atoms with van der Waals surface area (Å²) in [5, 5.41) is 11.1. The van der Waals surface area contributed by atoms with Gasteiger partial charge in [0.2, 0.25) is 5.60 Å². The number of esters is 2. The van der Waals surface area contributed by atoms with Gasteiger partial charge in [-0.1, -0.05) is 49.2 Å². The Hall–Kier alpha value is -7.62. The highest BCUT2D eigenvalue weighted by Crippen LogP contribution is 2.56. The molecule has 1 N–H and O–H groups in total. The maximum absolute atomic E-state index is 16.3. The van der Waals surface area contributed by atoms with Crippen LogP contribution in [0.3, 0.4) is 0 Å². The number of aliphatic hydroxyl groups is 1. The van der Waals surface area contributed by atoms with Crippen LogP contribution in [0, 0.1) is 11.6 Å². The fourth-order valence-electron chi connectivity index (χ4n) is 8.85. The van der Waals surface area contributed by atoms with Gasteiger partial charge in [-0.25, -0.2) is 18.4 Å². The van der Waals surface area contributed by atoms with Gasteiger partial charge in [-0.05, 0) is 102 Å². The lowest BCUT2D eigenvalue weighted by Gasteiger charge is -2.41. The molecule has 398 valence electrons. The van der Waals surface area contributed by atoms with Crippen LogP contribution in [0.5, 0.6) is 34.5 Å². The number of amides is 2. The number of likely N-dealkylation sites (N-methyl/N-ethyl adjacent to an activating group) is 2. The van der Waals surface area contributed by atoms with Gasteiger partial charge in [-0.2, -0.15) is 26.3 Å². The lowest BCUT2D eigenvalue weighted by Crippen LogP contribution is -2.50. The number of methoxy groups -OCH3 is 1. The minimum Gasteiger partial charge on any atom is -0.482 e. The number of halogens is 10. The van der Waals surface area contributed by atoms with Crippen molar-refractivity contribution in [3.05, 3.63) is 164 Å².